The Hall–Kier alpha value is -2.86. The van der Waals surface area contributed by atoms with Crippen molar-refractivity contribution in [3.63, 3.8) is 0 Å². The summed E-state index contributed by atoms with van der Waals surface area (Å²) in [6.07, 6.45) is 3.84. The van der Waals surface area contributed by atoms with E-state index < -0.39 is 5.60 Å². The van der Waals surface area contributed by atoms with Crippen LogP contribution in [0, 0.1) is 0 Å². The largest absolute Gasteiger partial charge is 0.496 e. The standard InChI is InChI=1S/C25H31N3O3/c1-25(2,3)31-23(29)16-28-13-10-17(11-14-28)21-15-20-18(9-12-26-24(20)27-21)19-7-5-6-8-22(19)30-4/h5-9,12,15,17H,10-11,13-14,16H2,1-4H3,(H,26,27). The van der Waals surface area contributed by atoms with E-state index in [0.717, 1.165) is 53.8 Å². The normalized spacial score (nSPS) is 15.9. The Morgan fingerprint density at radius 1 is 1.16 bits per heavy atom. The molecule has 2 aromatic heterocycles. The molecule has 0 atom stereocenters. The number of hydrogen-bond donors (Lipinski definition) is 1. The molecule has 1 fully saturated rings. The van der Waals surface area contributed by atoms with E-state index in [-0.39, 0.29) is 5.97 Å². The van der Waals surface area contributed by atoms with E-state index in [1.807, 2.05) is 51.2 Å². The lowest BCUT2D eigenvalue weighted by molar-refractivity contribution is -0.156. The van der Waals surface area contributed by atoms with Crippen LogP contribution in [0.2, 0.25) is 0 Å². The van der Waals surface area contributed by atoms with Gasteiger partial charge in [0.05, 0.1) is 13.7 Å². The Bertz CT molecular complexity index is 1060. The van der Waals surface area contributed by atoms with Gasteiger partial charge in [-0.2, -0.15) is 0 Å². The maximum absolute atomic E-state index is 12.1. The highest BCUT2D eigenvalue weighted by molar-refractivity contribution is 5.95. The van der Waals surface area contributed by atoms with Crippen molar-refractivity contribution in [3.8, 4) is 16.9 Å². The number of pyridine rings is 1. The molecule has 0 saturated carbocycles. The van der Waals surface area contributed by atoms with E-state index in [2.05, 4.69) is 27.0 Å². The number of aromatic amines is 1. The number of hydrogen-bond acceptors (Lipinski definition) is 5. The molecule has 6 nitrogen and oxygen atoms in total. The highest BCUT2D eigenvalue weighted by atomic mass is 16.6. The second kappa shape index (κ2) is 8.71. The fourth-order valence-electron chi connectivity index (χ4n) is 4.33. The molecule has 31 heavy (non-hydrogen) atoms. The third-order valence-corrected chi connectivity index (χ3v) is 5.75. The number of piperidine rings is 1. The average molecular weight is 422 g/mol. The molecule has 1 aliphatic rings. The molecule has 1 N–H and O–H groups in total. The first-order valence-corrected chi connectivity index (χ1v) is 10.9. The van der Waals surface area contributed by atoms with E-state index in [0.29, 0.717) is 12.5 Å². The van der Waals surface area contributed by atoms with E-state index in [1.54, 1.807) is 7.11 Å². The van der Waals surface area contributed by atoms with Crippen molar-refractivity contribution in [1.29, 1.82) is 0 Å². The Morgan fingerprint density at radius 3 is 2.61 bits per heavy atom. The van der Waals surface area contributed by atoms with Crippen LogP contribution >= 0.6 is 0 Å². The van der Waals surface area contributed by atoms with E-state index in [1.165, 1.54) is 5.69 Å². The van der Waals surface area contributed by atoms with E-state index >= 15 is 0 Å². The number of H-pyrrole nitrogens is 1. The van der Waals surface area contributed by atoms with Gasteiger partial charge in [0, 0.05) is 28.8 Å². The van der Waals surface area contributed by atoms with E-state index in [9.17, 15) is 4.79 Å². The molecule has 1 saturated heterocycles. The van der Waals surface area contributed by atoms with Crippen molar-refractivity contribution in [2.24, 2.45) is 0 Å². The van der Waals surface area contributed by atoms with Gasteiger partial charge in [-0.3, -0.25) is 9.69 Å². The number of nitrogens with zero attached hydrogens (tertiary/aromatic N) is 2. The molecule has 0 unspecified atom stereocenters. The fraction of sp³-hybridized carbons (Fsp3) is 0.440. The Balaban J connectivity index is 1.49. The topological polar surface area (TPSA) is 67.5 Å². The number of carbonyl (C=O) groups is 1. The highest BCUT2D eigenvalue weighted by Gasteiger charge is 2.25. The molecule has 3 heterocycles. The van der Waals surface area contributed by atoms with Gasteiger partial charge in [0.2, 0.25) is 0 Å². The second-order valence-corrected chi connectivity index (χ2v) is 9.18. The van der Waals surface area contributed by atoms with Crippen LogP contribution < -0.4 is 4.74 Å². The molecule has 1 aromatic carbocycles. The molecule has 0 bridgehead atoms. The minimum absolute atomic E-state index is 0.151. The minimum atomic E-state index is -0.439. The van der Waals surface area contributed by atoms with Crippen LogP contribution in [0.15, 0.2) is 42.6 Å². The van der Waals surface area contributed by atoms with Crippen LogP contribution in [0.1, 0.15) is 45.2 Å². The van der Waals surface area contributed by atoms with Crippen LogP contribution in [-0.2, 0) is 9.53 Å². The number of esters is 1. The van der Waals surface area contributed by atoms with Gasteiger partial charge in [-0.15, -0.1) is 0 Å². The predicted octanol–water partition coefficient (Wildman–Crippen LogP) is 4.76. The molecule has 0 radical (unpaired) electrons. The van der Waals surface area contributed by atoms with Gasteiger partial charge in [0.1, 0.15) is 17.0 Å². The zero-order valence-electron chi connectivity index (χ0n) is 18.8. The number of para-hydroxylation sites is 1. The molecule has 0 aliphatic carbocycles. The van der Waals surface area contributed by atoms with Crippen LogP contribution in [0.3, 0.4) is 0 Å². The van der Waals surface area contributed by atoms with Crippen molar-refractivity contribution in [2.45, 2.75) is 45.1 Å². The van der Waals surface area contributed by atoms with Crippen LogP contribution in [0.5, 0.6) is 5.75 Å². The lowest BCUT2D eigenvalue weighted by atomic mass is 9.93. The first-order chi connectivity index (χ1) is 14.8. The molecular weight excluding hydrogens is 390 g/mol. The summed E-state index contributed by atoms with van der Waals surface area (Å²) >= 11 is 0. The van der Waals surface area contributed by atoms with Crippen molar-refractivity contribution in [2.75, 3.05) is 26.7 Å². The minimum Gasteiger partial charge on any atom is -0.496 e. The van der Waals surface area contributed by atoms with E-state index in [4.69, 9.17) is 9.47 Å². The SMILES string of the molecule is COc1ccccc1-c1ccnc2[nH]c(C3CCN(CC(=O)OC(C)(C)C)CC3)cc12. The number of ether oxygens (including phenoxy) is 2. The fourth-order valence-corrected chi connectivity index (χ4v) is 4.33. The summed E-state index contributed by atoms with van der Waals surface area (Å²) in [5.74, 6) is 1.13. The van der Waals surface area contributed by atoms with Crippen molar-refractivity contribution in [1.82, 2.24) is 14.9 Å². The number of carbonyl (C=O) groups excluding carboxylic acids is 1. The van der Waals surface area contributed by atoms with Crippen molar-refractivity contribution in [3.05, 3.63) is 48.3 Å². The smallest absolute Gasteiger partial charge is 0.320 e. The van der Waals surface area contributed by atoms with Crippen LogP contribution in [-0.4, -0.2) is 53.2 Å². The number of methoxy groups -OCH3 is 1. The third-order valence-electron chi connectivity index (χ3n) is 5.75. The first kappa shape index (κ1) is 21.4. The summed E-state index contributed by atoms with van der Waals surface area (Å²) < 4.78 is 11.0. The number of nitrogens with one attached hydrogen (secondary N) is 1. The third kappa shape index (κ3) is 4.90. The van der Waals surface area contributed by atoms with Gasteiger partial charge in [-0.25, -0.2) is 4.98 Å². The molecule has 1 aliphatic heterocycles. The number of benzene rings is 1. The first-order valence-electron chi connectivity index (χ1n) is 10.9. The van der Waals surface area contributed by atoms with Gasteiger partial charge in [0.25, 0.3) is 0 Å². The zero-order chi connectivity index (χ0) is 22.0. The Kier molecular flexibility index (Phi) is 6.01. The maximum Gasteiger partial charge on any atom is 0.320 e. The average Bonchev–Trinajstić information content (AvgIpc) is 3.17. The summed E-state index contributed by atoms with van der Waals surface area (Å²) in [6.45, 7) is 7.83. The van der Waals surface area contributed by atoms with Gasteiger partial charge >= 0.3 is 5.97 Å². The number of likely N-dealkylation sites (tertiary alicyclic amines) is 1. The summed E-state index contributed by atoms with van der Waals surface area (Å²) in [5.41, 5.74) is 3.85. The van der Waals surface area contributed by atoms with Gasteiger partial charge in [0.15, 0.2) is 0 Å². The quantitative estimate of drug-likeness (QED) is 0.602. The lowest BCUT2D eigenvalue weighted by Crippen LogP contribution is -2.39. The second-order valence-electron chi connectivity index (χ2n) is 9.18. The number of fused-ring (bicyclic) bond motifs is 1. The Labute approximate surface area is 183 Å². The lowest BCUT2D eigenvalue weighted by Gasteiger charge is -2.31. The monoisotopic (exact) mass is 421 g/mol. The summed E-state index contributed by atoms with van der Waals surface area (Å²) in [7, 11) is 1.70. The van der Waals surface area contributed by atoms with Gasteiger partial charge in [-0.05, 0) is 70.5 Å². The molecule has 6 heteroatoms. The van der Waals surface area contributed by atoms with Crippen LogP contribution in [0.4, 0.5) is 0 Å². The molecule has 0 spiro atoms. The predicted molar refractivity (Wildman–Crippen MR) is 122 cm³/mol. The molecule has 3 aromatic rings. The summed E-state index contributed by atoms with van der Waals surface area (Å²) in [5, 5.41) is 1.11. The zero-order valence-corrected chi connectivity index (χ0v) is 18.8. The van der Waals surface area contributed by atoms with Crippen molar-refractivity contribution >= 4 is 17.0 Å². The maximum atomic E-state index is 12.1. The number of rotatable bonds is 5. The van der Waals surface area contributed by atoms with Crippen molar-refractivity contribution < 1.29 is 14.3 Å². The highest BCUT2D eigenvalue weighted by Crippen LogP contribution is 2.37. The molecule has 4 rings (SSSR count). The Morgan fingerprint density at radius 2 is 1.90 bits per heavy atom. The molecule has 164 valence electrons. The summed E-state index contributed by atoms with van der Waals surface area (Å²) in [4.78, 5) is 22.4. The summed E-state index contributed by atoms with van der Waals surface area (Å²) in [6, 6.07) is 12.3. The molecular formula is C25H31N3O3. The van der Waals surface area contributed by atoms with Gasteiger partial charge < -0.3 is 14.5 Å². The van der Waals surface area contributed by atoms with Crippen LogP contribution in [0.25, 0.3) is 22.2 Å². The number of aromatic nitrogens is 2. The van der Waals surface area contributed by atoms with Gasteiger partial charge in [-0.1, -0.05) is 18.2 Å². The molecule has 0 amide bonds.